The molecule has 1 unspecified atom stereocenters. The average Bonchev–Trinajstić information content (AvgIpc) is 2.75. The molecule has 1 heterocycles. The van der Waals surface area contributed by atoms with Crippen LogP contribution in [0, 0.1) is 0 Å². The van der Waals surface area contributed by atoms with Crippen LogP contribution in [0.5, 0.6) is 0 Å². The molecule has 116 valence electrons. The highest BCUT2D eigenvalue weighted by Crippen LogP contribution is 2.17. The Hall–Kier alpha value is -0.880. The molecule has 0 spiro atoms. The van der Waals surface area contributed by atoms with Crippen molar-refractivity contribution in [3.05, 3.63) is 40.3 Å². The molecule has 1 fully saturated rings. The lowest BCUT2D eigenvalue weighted by Gasteiger charge is -2.24. The van der Waals surface area contributed by atoms with E-state index in [9.17, 15) is 8.42 Å². The number of nitrogens with one attached hydrogen (secondary N) is 1. The molecule has 21 heavy (non-hydrogen) atoms. The molecule has 0 radical (unpaired) electrons. The number of sulfonamides is 1. The zero-order valence-electron chi connectivity index (χ0n) is 12.1. The maximum Gasteiger partial charge on any atom is 0.236 e. The Morgan fingerprint density at radius 3 is 2.67 bits per heavy atom. The third kappa shape index (κ3) is 4.81. The Morgan fingerprint density at radius 2 is 1.95 bits per heavy atom. The van der Waals surface area contributed by atoms with E-state index in [0.717, 1.165) is 37.9 Å². The van der Waals surface area contributed by atoms with Gasteiger partial charge in [0.15, 0.2) is 0 Å². The molecule has 2 rings (SSSR count). The van der Waals surface area contributed by atoms with Crippen LogP contribution in [0.1, 0.15) is 24.8 Å². The molecule has 1 aliphatic heterocycles. The van der Waals surface area contributed by atoms with Crippen LogP contribution in [0.4, 0.5) is 0 Å². The van der Waals surface area contributed by atoms with Crippen molar-refractivity contribution in [2.24, 2.45) is 0 Å². The molecule has 0 saturated carbocycles. The van der Waals surface area contributed by atoms with Gasteiger partial charge in [0.25, 0.3) is 0 Å². The van der Waals surface area contributed by atoms with E-state index in [1.807, 2.05) is 0 Å². The lowest BCUT2D eigenvalue weighted by Crippen LogP contribution is -2.36. The topological polar surface area (TPSA) is 49.4 Å². The minimum atomic E-state index is -3.39. The van der Waals surface area contributed by atoms with Crippen LogP contribution in [0.25, 0.3) is 6.08 Å². The molecular weight excluding hydrogens is 308 g/mol. The van der Waals surface area contributed by atoms with Crippen molar-refractivity contribution >= 4 is 27.7 Å². The second-order valence-corrected chi connectivity index (χ2v) is 7.56. The maximum absolute atomic E-state index is 12.4. The van der Waals surface area contributed by atoms with Crippen molar-refractivity contribution in [3.63, 3.8) is 0 Å². The van der Waals surface area contributed by atoms with E-state index in [2.05, 4.69) is 5.32 Å². The van der Waals surface area contributed by atoms with Crippen molar-refractivity contribution in [2.75, 3.05) is 20.1 Å². The summed E-state index contributed by atoms with van der Waals surface area (Å²) in [6.07, 6.45) is 4.37. The van der Waals surface area contributed by atoms with Crippen LogP contribution in [0.2, 0.25) is 5.02 Å². The summed E-state index contributed by atoms with van der Waals surface area (Å²) in [5.74, 6) is 0. The van der Waals surface area contributed by atoms with E-state index in [1.54, 1.807) is 37.4 Å². The van der Waals surface area contributed by atoms with Gasteiger partial charge >= 0.3 is 0 Å². The van der Waals surface area contributed by atoms with Crippen LogP contribution in [0.15, 0.2) is 29.7 Å². The van der Waals surface area contributed by atoms with Crippen molar-refractivity contribution in [1.82, 2.24) is 9.62 Å². The van der Waals surface area contributed by atoms with Crippen LogP contribution in [0.3, 0.4) is 0 Å². The summed E-state index contributed by atoms with van der Waals surface area (Å²) < 4.78 is 26.2. The largest absolute Gasteiger partial charge is 0.317 e. The molecule has 0 aromatic heterocycles. The van der Waals surface area contributed by atoms with Crippen LogP contribution < -0.4 is 5.32 Å². The molecule has 0 aliphatic carbocycles. The van der Waals surface area contributed by atoms with Gasteiger partial charge in [0.1, 0.15) is 0 Å². The van der Waals surface area contributed by atoms with E-state index in [0.29, 0.717) is 5.02 Å². The van der Waals surface area contributed by atoms with Gasteiger partial charge in [-0.25, -0.2) is 8.42 Å². The van der Waals surface area contributed by atoms with Gasteiger partial charge in [0, 0.05) is 23.5 Å². The molecule has 1 saturated heterocycles. The molecule has 1 aliphatic rings. The SMILES string of the molecule is CN(C1CCCNCC1)S(=O)(=O)/C=C/c1ccc(Cl)cc1. The highest BCUT2D eigenvalue weighted by molar-refractivity contribution is 7.92. The molecule has 1 aromatic carbocycles. The van der Waals surface area contributed by atoms with E-state index in [1.165, 1.54) is 9.71 Å². The normalized spacial score (nSPS) is 20.8. The van der Waals surface area contributed by atoms with Gasteiger partial charge in [0.05, 0.1) is 0 Å². The Bertz CT molecular complexity index is 576. The number of benzene rings is 1. The molecule has 1 aromatic rings. The van der Waals surface area contributed by atoms with E-state index in [-0.39, 0.29) is 6.04 Å². The average molecular weight is 329 g/mol. The zero-order valence-corrected chi connectivity index (χ0v) is 13.7. The van der Waals surface area contributed by atoms with Gasteiger partial charge in [-0.15, -0.1) is 0 Å². The standard InChI is InChI=1S/C15H21ClN2O2S/c1-18(15-3-2-10-17-11-8-15)21(19,20)12-9-13-4-6-14(16)7-5-13/h4-7,9,12,15,17H,2-3,8,10-11H2,1H3/b12-9+. The Morgan fingerprint density at radius 1 is 1.24 bits per heavy atom. The van der Waals surface area contributed by atoms with E-state index >= 15 is 0 Å². The first-order chi connectivity index (χ1) is 9.99. The minimum absolute atomic E-state index is 0.0693. The second-order valence-electron chi connectivity index (χ2n) is 5.25. The lowest BCUT2D eigenvalue weighted by atomic mass is 10.1. The van der Waals surface area contributed by atoms with Gasteiger partial charge in [0.2, 0.25) is 10.0 Å². The summed E-state index contributed by atoms with van der Waals surface area (Å²) in [6, 6.07) is 7.15. The Labute approximate surface area is 131 Å². The van der Waals surface area contributed by atoms with Crippen molar-refractivity contribution in [3.8, 4) is 0 Å². The number of halogens is 1. The fraction of sp³-hybridized carbons (Fsp3) is 0.467. The number of hydrogen-bond acceptors (Lipinski definition) is 3. The van der Waals surface area contributed by atoms with Gasteiger partial charge in [-0.1, -0.05) is 23.7 Å². The van der Waals surface area contributed by atoms with Crippen molar-refractivity contribution in [1.29, 1.82) is 0 Å². The highest BCUT2D eigenvalue weighted by Gasteiger charge is 2.24. The van der Waals surface area contributed by atoms with Gasteiger partial charge < -0.3 is 5.32 Å². The van der Waals surface area contributed by atoms with Crippen molar-refractivity contribution in [2.45, 2.75) is 25.3 Å². The fourth-order valence-electron chi connectivity index (χ4n) is 2.41. The molecule has 6 heteroatoms. The summed E-state index contributed by atoms with van der Waals surface area (Å²) in [5, 5.41) is 5.20. The monoisotopic (exact) mass is 328 g/mol. The van der Waals surface area contributed by atoms with Gasteiger partial charge in [-0.2, -0.15) is 4.31 Å². The predicted molar refractivity (Wildman–Crippen MR) is 87.7 cm³/mol. The maximum atomic E-state index is 12.4. The van der Waals surface area contributed by atoms with Crippen LogP contribution in [-0.4, -0.2) is 38.9 Å². The van der Waals surface area contributed by atoms with E-state index < -0.39 is 10.0 Å². The molecule has 1 N–H and O–H groups in total. The summed E-state index contributed by atoms with van der Waals surface area (Å²) in [4.78, 5) is 0. The first-order valence-corrected chi connectivity index (χ1v) is 8.99. The number of nitrogens with zero attached hydrogens (tertiary/aromatic N) is 1. The van der Waals surface area contributed by atoms with Crippen LogP contribution in [-0.2, 0) is 10.0 Å². The molecule has 0 bridgehead atoms. The minimum Gasteiger partial charge on any atom is -0.317 e. The Balaban J connectivity index is 2.07. The Kier molecular flexibility index (Phi) is 5.81. The van der Waals surface area contributed by atoms with Gasteiger partial charge in [-0.05, 0) is 56.1 Å². The molecule has 0 amide bonds. The number of hydrogen-bond donors (Lipinski definition) is 1. The third-order valence-electron chi connectivity index (χ3n) is 3.76. The smallest absolute Gasteiger partial charge is 0.236 e. The first kappa shape index (κ1) is 16.5. The molecule has 4 nitrogen and oxygen atoms in total. The van der Waals surface area contributed by atoms with E-state index in [4.69, 9.17) is 11.6 Å². The second kappa shape index (κ2) is 7.40. The first-order valence-electron chi connectivity index (χ1n) is 7.11. The fourth-order valence-corrected chi connectivity index (χ4v) is 3.68. The lowest BCUT2D eigenvalue weighted by molar-refractivity contribution is 0.345. The zero-order chi connectivity index (χ0) is 15.3. The number of rotatable bonds is 4. The predicted octanol–water partition coefficient (Wildman–Crippen LogP) is 2.71. The highest BCUT2D eigenvalue weighted by atomic mass is 35.5. The van der Waals surface area contributed by atoms with Gasteiger partial charge in [-0.3, -0.25) is 0 Å². The summed E-state index contributed by atoms with van der Waals surface area (Å²) in [5.41, 5.74) is 0.818. The molecule has 1 atom stereocenters. The summed E-state index contributed by atoms with van der Waals surface area (Å²) >= 11 is 5.81. The molecular formula is C15H21ClN2O2S. The quantitative estimate of drug-likeness (QED) is 0.924. The van der Waals surface area contributed by atoms with Crippen LogP contribution >= 0.6 is 11.6 Å². The third-order valence-corrected chi connectivity index (χ3v) is 5.60. The summed E-state index contributed by atoms with van der Waals surface area (Å²) in [7, 11) is -1.73. The summed E-state index contributed by atoms with van der Waals surface area (Å²) in [6.45, 7) is 1.83. The van der Waals surface area contributed by atoms with Crippen molar-refractivity contribution < 1.29 is 8.42 Å².